The van der Waals surface area contributed by atoms with Crippen molar-refractivity contribution in [2.45, 2.75) is 0 Å². The summed E-state index contributed by atoms with van der Waals surface area (Å²) in [5.41, 5.74) is 3.11. The molecule has 0 spiro atoms. The average Bonchev–Trinajstić information content (AvgIpc) is 2.77. The van der Waals surface area contributed by atoms with E-state index in [-0.39, 0.29) is 5.78 Å². The van der Waals surface area contributed by atoms with Crippen LogP contribution in [0.25, 0.3) is 0 Å². The fraction of sp³-hybridized carbons (Fsp3) is 0.154. The number of hydrogen-bond donors (Lipinski definition) is 0. The third kappa shape index (κ3) is 1.30. The number of fused-ring (bicyclic) bond motifs is 2. The fourth-order valence-corrected chi connectivity index (χ4v) is 2.20. The van der Waals surface area contributed by atoms with Crippen molar-refractivity contribution in [2.24, 2.45) is 12.2 Å². The highest BCUT2D eigenvalue weighted by molar-refractivity contribution is 6.28. The van der Waals surface area contributed by atoms with Crippen LogP contribution in [0.4, 0.5) is 0 Å². The Morgan fingerprint density at radius 2 is 2.00 bits per heavy atom. The molecule has 2 aromatic rings. The molecule has 0 unspecified atom stereocenters. The minimum absolute atomic E-state index is 0.0318. The number of aryl methyl sites for hydroxylation is 1. The van der Waals surface area contributed by atoms with Gasteiger partial charge in [0.1, 0.15) is 24.2 Å². The van der Waals surface area contributed by atoms with Crippen molar-refractivity contribution in [3.05, 3.63) is 53.1 Å². The van der Waals surface area contributed by atoms with Crippen LogP contribution in [0.5, 0.6) is 0 Å². The van der Waals surface area contributed by atoms with Crippen molar-refractivity contribution in [1.82, 2.24) is 9.55 Å². The zero-order chi connectivity index (χ0) is 12.7. The first-order valence-corrected chi connectivity index (χ1v) is 5.51. The van der Waals surface area contributed by atoms with Gasteiger partial charge in [0.05, 0.1) is 6.33 Å². The van der Waals surface area contributed by atoms with Gasteiger partial charge in [-0.05, 0) is 0 Å². The van der Waals surface area contributed by atoms with E-state index in [1.54, 1.807) is 24.0 Å². The number of hydrogen-bond acceptors (Lipinski definition) is 4. The maximum Gasteiger partial charge on any atom is 0.212 e. The smallest absolute Gasteiger partial charge is 0.212 e. The lowest BCUT2D eigenvalue weighted by molar-refractivity contribution is 0.103. The second-order valence-electron chi connectivity index (χ2n) is 4.05. The first-order chi connectivity index (χ1) is 8.74. The van der Waals surface area contributed by atoms with E-state index in [4.69, 9.17) is 4.84 Å². The van der Waals surface area contributed by atoms with Gasteiger partial charge in [-0.2, -0.15) is 0 Å². The largest absolute Gasteiger partial charge is 0.399 e. The van der Waals surface area contributed by atoms with Gasteiger partial charge in [0.15, 0.2) is 0 Å². The van der Waals surface area contributed by atoms with Crippen LogP contribution in [-0.2, 0) is 11.9 Å². The summed E-state index contributed by atoms with van der Waals surface area (Å²) in [7, 11) is 3.27. The fourth-order valence-electron chi connectivity index (χ4n) is 2.20. The van der Waals surface area contributed by atoms with Gasteiger partial charge in [-0.25, -0.2) is 4.98 Å². The van der Waals surface area contributed by atoms with Crippen LogP contribution in [0.1, 0.15) is 27.3 Å². The topological polar surface area (TPSA) is 56.5 Å². The Morgan fingerprint density at radius 3 is 2.72 bits per heavy atom. The summed E-state index contributed by atoms with van der Waals surface area (Å²) in [6.07, 6.45) is 1.61. The van der Waals surface area contributed by atoms with Crippen LogP contribution >= 0.6 is 0 Å². The zero-order valence-electron chi connectivity index (χ0n) is 10.0. The Bertz CT molecular complexity index is 671. The van der Waals surface area contributed by atoms with Crippen LogP contribution in [-0.4, -0.2) is 28.2 Å². The number of aromatic nitrogens is 2. The number of nitrogens with zero attached hydrogens (tertiary/aromatic N) is 3. The van der Waals surface area contributed by atoms with E-state index < -0.39 is 0 Å². The van der Waals surface area contributed by atoms with E-state index in [0.717, 1.165) is 5.56 Å². The van der Waals surface area contributed by atoms with E-state index in [0.29, 0.717) is 22.7 Å². The molecule has 0 amide bonds. The molecule has 1 aliphatic carbocycles. The van der Waals surface area contributed by atoms with Gasteiger partial charge in [-0.3, -0.25) is 4.79 Å². The first kappa shape index (κ1) is 10.7. The van der Waals surface area contributed by atoms with Crippen molar-refractivity contribution >= 4 is 11.5 Å². The molecule has 0 N–H and O–H groups in total. The summed E-state index contributed by atoms with van der Waals surface area (Å²) in [6, 6.07) is 7.34. The quantitative estimate of drug-likeness (QED) is 0.604. The van der Waals surface area contributed by atoms with Gasteiger partial charge in [0, 0.05) is 18.2 Å². The number of carbonyl (C=O) groups is 1. The Balaban J connectivity index is 2.35. The molecular weight excluding hydrogens is 230 g/mol. The molecule has 18 heavy (non-hydrogen) atoms. The maximum atomic E-state index is 12.4. The van der Waals surface area contributed by atoms with Gasteiger partial charge < -0.3 is 9.40 Å². The van der Waals surface area contributed by atoms with Crippen molar-refractivity contribution in [3.8, 4) is 0 Å². The maximum absolute atomic E-state index is 12.4. The molecule has 3 rings (SSSR count). The predicted octanol–water partition coefficient (Wildman–Crippen LogP) is 1.36. The molecule has 0 saturated heterocycles. The number of imidazole rings is 1. The number of ketones is 1. The van der Waals surface area contributed by atoms with Crippen LogP contribution in [0.15, 0.2) is 35.7 Å². The van der Waals surface area contributed by atoms with E-state index in [9.17, 15) is 4.79 Å². The summed E-state index contributed by atoms with van der Waals surface area (Å²) in [6.45, 7) is 0. The SMILES string of the molecule is CON=C1c2ccccc2C(=O)c2c1ncn2C. The summed E-state index contributed by atoms with van der Waals surface area (Å²) >= 11 is 0. The molecule has 5 nitrogen and oxygen atoms in total. The van der Waals surface area contributed by atoms with Crippen LogP contribution in [0.2, 0.25) is 0 Å². The molecule has 90 valence electrons. The Morgan fingerprint density at radius 1 is 1.28 bits per heavy atom. The standard InChI is InChI=1S/C13H11N3O2/c1-16-7-14-11-10(15-18-2)8-5-3-4-6-9(8)13(17)12(11)16/h3-7H,1-2H3. The highest BCUT2D eigenvalue weighted by atomic mass is 16.6. The van der Waals surface area contributed by atoms with Crippen molar-refractivity contribution in [3.63, 3.8) is 0 Å². The van der Waals surface area contributed by atoms with Gasteiger partial charge in [-0.15, -0.1) is 0 Å². The molecule has 0 aliphatic heterocycles. The first-order valence-electron chi connectivity index (χ1n) is 5.51. The molecule has 0 radical (unpaired) electrons. The van der Waals surface area contributed by atoms with E-state index in [1.165, 1.54) is 7.11 Å². The minimum atomic E-state index is -0.0318. The second kappa shape index (κ2) is 3.80. The lowest BCUT2D eigenvalue weighted by Crippen LogP contribution is -2.23. The van der Waals surface area contributed by atoms with Gasteiger partial charge in [0.25, 0.3) is 0 Å². The second-order valence-corrected chi connectivity index (χ2v) is 4.05. The average molecular weight is 241 g/mol. The van der Waals surface area contributed by atoms with E-state index >= 15 is 0 Å². The summed E-state index contributed by atoms with van der Waals surface area (Å²) < 4.78 is 1.71. The van der Waals surface area contributed by atoms with Gasteiger partial charge >= 0.3 is 0 Å². The van der Waals surface area contributed by atoms with Crippen LogP contribution in [0.3, 0.4) is 0 Å². The molecule has 5 heteroatoms. The lowest BCUT2D eigenvalue weighted by atomic mass is 9.89. The Kier molecular flexibility index (Phi) is 2.26. The normalized spacial score (nSPS) is 15.4. The third-order valence-electron chi connectivity index (χ3n) is 2.99. The highest BCUT2D eigenvalue weighted by Gasteiger charge is 2.32. The third-order valence-corrected chi connectivity index (χ3v) is 2.99. The molecular formula is C13H11N3O2. The van der Waals surface area contributed by atoms with Crippen molar-refractivity contribution in [1.29, 1.82) is 0 Å². The monoisotopic (exact) mass is 241 g/mol. The predicted molar refractivity (Wildman–Crippen MR) is 65.7 cm³/mol. The summed E-state index contributed by atoms with van der Waals surface area (Å²) in [4.78, 5) is 21.5. The highest BCUT2D eigenvalue weighted by Crippen LogP contribution is 2.26. The molecule has 1 aromatic heterocycles. The molecule has 0 atom stereocenters. The van der Waals surface area contributed by atoms with E-state index in [1.807, 2.05) is 18.2 Å². The molecule has 1 heterocycles. The Labute approximate surface area is 104 Å². The molecule has 0 fully saturated rings. The van der Waals surface area contributed by atoms with Crippen molar-refractivity contribution < 1.29 is 9.63 Å². The number of benzene rings is 1. The van der Waals surface area contributed by atoms with Gasteiger partial charge in [0.2, 0.25) is 5.78 Å². The number of oxime groups is 1. The molecule has 1 aromatic carbocycles. The van der Waals surface area contributed by atoms with Crippen LogP contribution in [0, 0.1) is 0 Å². The van der Waals surface area contributed by atoms with Crippen LogP contribution < -0.4 is 0 Å². The summed E-state index contributed by atoms with van der Waals surface area (Å²) in [5, 5.41) is 4.00. The summed E-state index contributed by atoms with van der Waals surface area (Å²) in [5.74, 6) is -0.0318. The van der Waals surface area contributed by atoms with Gasteiger partial charge in [-0.1, -0.05) is 29.4 Å². The molecule has 0 saturated carbocycles. The molecule has 0 bridgehead atoms. The Hall–Kier alpha value is -2.43. The zero-order valence-corrected chi connectivity index (χ0v) is 10.0. The molecule has 1 aliphatic rings. The number of carbonyl (C=O) groups excluding carboxylic acids is 1. The minimum Gasteiger partial charge on any atom is -0.399 e. The number of rotatable bonds is 1. The lowest BCUT2D eigenvalue weighted by Gasteiger charge is -2.16. The van der Waals surface area contributed by atoms with E-state index in [2.05, 4.69) is 10.1 Å². The van der Waals surface area contributed by atoms with Crippen molar-refractivity contribution in [2.75, 3.05) is 7.11 Å².